The number of unbranched alkanes of at least 4 members (excludes halogenated alkanes) is 6. The summed E-state index contributed by atoms with van der Waals surface area (Å²) in [6.07, 6.45) is 15.5. The third-order valence-corrected chi connectivity index (χ3v) is 4.71. The van der Waals surface area contributed by atoms with Crippen LogP contribution in [-0.4, -0.2) is 18.8 Å². The molecule has 1 fully saturated rings. The number of methoxy groups -OCH3 is 1. The van der Waals surface area contributed by atoms with Gasteiger partial charge in [0.1, 0.15) is 0 Å². The van der Waals surface area contributed by atoms with Gasteiger partial charge in [0.15, 0.2) is 0 Å². The molecule has 3 N–H and O–H groups in total. The van der Waals surface area contributed by atoms with E-state index in [1.54, 1.807) is 0 Å². The van der Waals surface area contributed by atoms with E-state index in [2.05, 4.69) is 12.3 Å². The van der Waals surface area contributed by atoms with Crippen molar-refractivity contribution in [1.82, 2.24) is 5.43 Å². The van der Waals surface area contributed by atoms with Crippen LogP contribution >= 0.6 is 0 Å². The Morgan fingerprint density at radius 3 is 2.21 bits per heavy atom. The summed E-state index contributed by atoms with van der Waals surface area (Å²) in [6, 6.07) is 0.427. The number of nitrogens with one attached hydrogen (secondary N) is 1. The van der Waals surface area contributed by atoms with Crippen LogP contribution in [0.2, 0.25) is 0 Å². The lowest BCUT2D eigenvalue weighted by atomic mass is 9.75. The standard InChI is InChI=1S/C16H34N2O/c1-3-4-5-6-7-8-9-11-15(18-17)14-16(19-2)12-10-13-16/h15,18H,3-14,17H2,1-2H3. The summed E-state index contributed by atoms with van der Waals surface area (Å²) in [5.74, 6) is 5.69. The average molecular weight is 270 g/mol. The maximum absolute atomic E-state index is 5.69. The van der Waals surface area contributed by atoms with Gasteiger partial charge in [0, 0.05) is 13.2 Å². The second kappa shape index (κ2) is 9.73. The monoisotopic (exact) mass is 270 g/mol. The fourth-order valence-electron chi connectivity index (χ4n) is 3.10. The van der Waals surface area contributed by atoms with Crippen molar-refractivity contribution in [3.8, 4) is 0 Å². The molecule has 1 aliphatic rings. The Bertz CT molecular complexity index is 211. The van der Waals surface area contributed by atoms with Crippen molar-refractivity contribution < 1.29 is 4.74 Å². The maximum Gasteiger partial charge on any atom is 0.0694 e. The summed E-state index contributed by atoms with van der Waals surface area (Å²) in [5, 5.41) is 0. The Kier molecular flexibility index (Phi) is 8.67. The van der Waals surface area contributed by atoms with Gasteiger partial charge < -0.3 is 4.74 Å². The number of hydrazine groups is 1. The van der Waals surface area contributed by atoms with Crippen LogP contribution in [0.4, 0.5) is 0 Å². The summed E-state index contributed by atoms with van der Waals surface area (Å²) >= 11 is 0. The molecule has 3 nitrogen and oxygen atoms in total. The van der Waals surface area contributed by atoms with E-state index in [9.17, 15) is 0 Å². The first kappa shape index (κ1) is 16.9. The molecule has 0 bridgehead atoms. The van der Waals surface area contributed by atoms with Crippen molar-refractivity contribution in [2.75, 3.05) is 7.11 Å². The van der Waals surface area contributed by atoms with Crippen molar-refractivity contribution in [3.63, 3.8) is 0 Å². The molecule has 0 spiro atoms. The SMILES string of the molecule is CCCCCCCCCC(CC1(OC)CCC1)NN. The van der Waals surface area contributed by atoms with Gasteiger partial charge >= 0.3 is 0 Å². The second-order valence-electron chi connectivity index (χ2n) is 6.22. The molecule has 3 heteroatoms. The van der Waals surface area contributed by atoms with Gasteiger partial charge in [-0.25, -0.2) is 0 Å². The fourth-order valence-corrected chi connectivity index (χ4v) is 3.10. The lowest BCUT2D eigenvalue weighted by Gasteiger charge is -2.42. The van der Waals surface area contributed by atoms with Gasteiger partial charge in [-0.15, -0.1) is 0 Å². The molecular weight excluding hydrogens is 236 g/mol. The van der Waals surface area contributed by atoms with Gasteiger partial charge in [-0.3, -0.25) is 11.3 Å². The number of nitrogens with two attached hydrogens (primary N) is 1. The quantitative estimate of drug-likeness (QED) is 0.321. The summed E-state index contributed by atoms with van der Waals surface area (Å²) in [6.45, 7) is 2.27. The number of rotatable bonds is 12. The molecule has 0 aromatic carbocycles. The topological polar surface area (TPSA) is 47.3 Å². The largest absolute Gasteiger partial charge is 0.378 e. The van der Waals surface area contributed by atoms with Gasteiger partial charge in [-0.05, 0) is 32.1 Å². The molecule has 1 saturated carbocycles. The van der Waals surface area contributed by atoms with Crippen LogP contribution in [0.3, 0.4) is 0 Å². The molecule has 0 aromatic rings. The van der Waals surface area contributed by atoms with Crippen molar-refractivity contribution in [1.29, 1.82) is 0 Å². The predicted octanol–water partition coefficient (Wildman–Crippen LogP) is 3.92. The van der Waals surface area contributed by atoms with E-state index in [-0.39, 0.29) is 5.60 Å². The van der Waals surface area contributed by atoms with Crippen LogP contribution in [-0.2, 0) is 4.74 Å². The molecule has 0 aromatic heterocycles. The molecule has 1 aliphatic carbocycles. The Morgan fingerprint density at radius 2 is 1.74 bits per heavy atom. The van der Waals surface area contributed by atoms with Gasteiger partial charge in [-0.2, -0.15) is 0 Å². The first-order chi connectivity index (χ1) is 9.26. The molecule has 0 amide bonds. The van der Waals surface area contributed by atoms with Crippen LogP contribution in [0.25, 0.3) is 0 Å². The lowest BCUT2D eigenvalue weighted by molar-refractivity contribution is -0.0840. The highest BCUT2D eigenvalue weighted by atomic mass is 16.5. The first-order valence-electron chi connectivity index (χ1n) is 8.27. The minimum absolute atomic E-state index is 0.137. The lowest BCUT2D eigenvalue weighted by Crippen LogP contribution is -2.47. The average Bonchev–Trinajstić information content (AvgIpc) is 2.39. The molecule has 0 saturated heterocycles. The van der Waals surface area contributed by atoms with E-state index < -0.39 is 0 Å². The Labute approximate surface area is 119 Å². The van der Waals surface area contributed by atoms with Crippen LogP contribution in [0.15, 0.2) is 0 Å². The zero-order valence-corrected chi connectivity index (χ0v) is 13.0. The molecule has 1 unspecified atom stereocenters. The van der Waals surface area contributed by atoms with Crippen LogP contribution in [0.5, 0.6) is 0 Å². The summed E-state index contributed by atoms with van der Waals surface area (Å²) in [4.78, 5) is 0. The highest BCUT2D eigenvalue weighted by Gasteiger charge is 2.38. The van der Waals surface area contributed by atoms with E-state index in [0.717, 1.165) is 6.42 Å². The molecule has 0 heterocycles. The van der Waals surface area contributed by atoms with Gasteiger partial charge in [0.2, 0.25) is 0 Å². The zero-order chi connectivity index (χ0) is 14.0. The normalized spacial score (nSPS) is 19.1. The van der Waals surface area contributed by atoms with E-state index >= 15 is 0 Å². The molecule has 114 valence electrons. The summed E-state index contributed by atoms with van der Waals surface area (Å²) in [5.41, 5.74) is 3.13. The van der Waals surface area contributed by atoms with E-state index in [4.69, 9.17) is 10.6 Å². The molecule has 1 rings (SSSR count). The van der Waals surface area contributed by atoms with Crippen LogP contribution in [0, 0.1) is 0 Å². The molecular formula is C16H34N2O. The molecule has 1 atom stereocenters. The second-order valence-corrected chi connectivity index (χ2v) is 6.22. The van der Waals surface area contributed by atoms with Gasteiger partial charge in [0.05, 0.1) is 5.60 Å². The number of hydrogen-bond donors (Lipinski definition) is 2. The van der Waals surface area contributed by atoms with Gasteiger partial charge in [0.25, 0.3) is 0 Å². The maximum atomic E-state index is 5.69. The first-order valence-corrected chi connectivity index (χ1v) is 8.27. The number of ether oxygens (including phenoxy) is 1. The van der Waals surface area contributed by atoms with Gasteiger partial charge in [-0.1, -0.05) is 51.9 Å². The summed E-state index contributed by atoms with van der Waals surface area (Å²) in [7, 11) is 1.85. The minimum atomic E-state index is 0.137. The minimum Gasteiger partial charge on any atom is -0.378 e. The third-order valence-electron chi connectivity index (χ3n) is 4.71. The smallest absolute Gasteiger partial charge is 0.0694 e. The van der Waals surface area contributed by atoms with Crippen LogP contribution in [0.1, 0.15) is 84.0 Å². The zero-order valence-electron chi connectivity index (χ0n) is 13.0. The molecule has 0 radical (unpaired) electrons. The van der Waals surface area contributed by atoms with Crippen molar-refractivity contribution in [2.24, 2.45) is 5.84 Å². The highest BCUT2D eigenvalue weighted by Crippen LogP contribution is 2.39. The Morgan fingerprint density at radius 1 is 1.11 bits per heavy atom. The van der Waals surface area contributed by atoms with Crippen LogP contribution < -0.4 is 11.3 Å². The van der Waals surface area contributed by atoms with E-state index in [1.807, 2.05) is 7.11 Å². The third kappa shape index (κ3) is 6.24. The van der Waals surface area contributed by atoms with Crippen molar-refractivity contribution in [2.45, 2.75) is 95.6 Å². The number of hydrogen-bond acceptors (Lipinski definition) is 3. The Hall–Kier alpha value is -0.120. The molecule has 0 aliphatic heterocycles. The van der Waals surface area contributed by atoms with Crippen molar-refractivity contribution >= 4 is 0 Å². The molecule has 19 heavy (non-hydrogen) atoms. The predicted molar refractivity (Wildman–Crippen MR) is 81.9 cm³/mol. The fraction of sp³-hybridized carbons (Fsp3) is 1.00. The van der Waals surface area contributed by atoms with Crippen molar-refractivity contribution in [3.05, 3.63) is 0 Å². The van der Waals surface area contributed by atoms with E-state index in [1.165, 1.54) is 70.6 Å². The van der Waals surface area contributed by atoms with E-state index in [0.29, 0.717) is 6.04 Å². The highest BCUT2D eigenvalue weighted by molar-refractivity contribution is 4.92. The Balaban J connectivity index is 2.05. The summed E-state index contributed by atoms with van der Waals surface area (Å²) < 4.78 is 5.68.